The summed E-state index contributed by atoms with van der Waals surface area (Å²) in [6, 6.07) is 7.23. The lowest BCUT2D eigenvalue weighted by atomic mass is 10.1. The molecular weight excluding hydrogens is 320 g/mol. The van der Waals surface area contributed by atoms with Gasteiger partial charge < -0.3 is 24.5 Å². The number of benzene rings is 1. The van der Waals surface area contributed by atoms with Crippen LogP contribution in [0.5, 0.6) is 17.2 Å². The normalized spacial score (nSPS) is 9.87. The highest BCUT2D eigenvalue weighted by Gasteiger charge is 2.11. The van der Waals surface area contributed by atoms with E-state index in [2.05, 4.69) is 10.3 Å². The highest BCUT2D eigenvalue weighted by molar-refractivity contribution is 5.85. The predicted octanol–water partition coefficient (Wildman–Crippen LogP) is 2.11. The molecule has 2 rings (SSSR count). The number of pyridine rings is 1. The zero-order valence-corrected chi connectivity index (χ0v) is 14.2. The summed E-state index contributed by atoms with van der Waals surface area (Å²) in [6.45, 7) is 1.01. The van der Waals surface area contributed by atoms with Gasteiger partial charge in [-0.05, 0) is 12.1 Å². The Balaban J connectivity index is 0.00000264. The minimum atomic E-state index is -0.0886. The van der Waals surface area contributed by atoms with Crippen molar-refractivity contribution in [3.8, 4) is 17.2 Å². The topological polar surface area (TPSA) is 72.6 Å². The van der Waals surface area contributed by atoms with Gasteiger partial charge in [0.2, 0.25) is 0 Å². The van der Waals surface area contributed by atoms with Crippen LogP contribution in [-0.2, 0) is 13.1 Å². The lowest BCUT2D eigenvalue weighted by molar-refractivity contribution is 0.347. The Hall–Kier alpha value is -2.18. The van der Waals surface area contributed by atoms with Gasteiger partial charge in [-0.2, -0.15) is 0 Å². The second kappa shape index (κ2) is 9.07. The number of hydrogen-bond donors (Lipinski definition) is 2. The van der Waals surface area contributed by atoms with Gasteiger partial charge in [0, 0.05) is 36.5 Å². The van der Waals surface area contributed by atoms with Gasteiger partial charge in [0.1, 0.15) is 5.75 Å². The van der Waals surface area contributed by atoms with Gasteiger partial charge in [0.05, 0.1) is 21.3 Å². The minimum Gasteiger partial charge on any atom is -0.496 e. The van der Waals surface area contributed by atoms with Crippen molar-refractivity contribution in [1.29, 1.82) is 0 Å². The summed E-state index contributed by atoms with van der Waals surface area (Å²) in [5, 5.41) is 3.23. The molecule has 2 aromatic rings. The molecule has 2 N–H and O–H groups in total. The summed E-state index contributed by atoms with van der Waals surface area (Å²) in [6.07, 6.45) is 1.61. The van der Waals surface area contributed by atoms with E-state index in [4.69, 9.17) is 14.2 Å². The Bertz CT molecular complexity index is 688. The molecule has 0 amide bonds. The lowest BCUT2D eigenvalue weighted by Crippen LogP contribution is -2.20. The third kappa shape index (κ3) is 4.64. The van der Waals surface area contributed by atoms with Crippen molar-refractivity contribution in [2.75, 3.05) is 21.3 Å². The Labute approximate surface area is 141 Å². The van der Waals surface area contributed by atoms with Gasteiger partial charge in [0.25, 0.3) is 5.56 Å². The number of aromatic amines is 1. The van der Waals surface area contributed by atoms with Gasteiger partial charge in [0.15, 0.2) is 11.5 Å². The second-order valence-corrected chi connectivity index (χ2v) is 4.65. The first-order valence-electron chi connectivity index (χ1n) is 6.85. The smallest absolute Gasteiger partial charge is 0.252 e. The number of methoxy groups -OCH3 is 3. The van der Waals surface area contributed by atoms with E-state index in [1.54, 1.807) is 45.7 Å². The molecule has 0 bridgehead atoms. The van der Waals surface area contributed by atoms with Crippen LogP contribution in [0.2, 0.25) is 0 Å². The molecule has 0 saturated carbocycles. The molecule has 0 aliphatic rings. The van der Waals surface area contributed by atoms with Gasteiger partial charge in [-0.1, -0.05) is 6.07 Å². The Morgan fingerprint density at radius 3 is 2.17 bits per heavy atom. The molecule has 0 unspecified atom stereocenters. The third-order valence-corrected chi connectivity index (χ3v) is 3.32. The van der Waals surface area contributed by atoms with E-state index in [1.165, 1.54) is 0 Å². The van der Waals surface area contributed by atoms with E-state index < -0.39 is 0 Å². The molecule has 1 heterocycles. The molecule has 7 heteroatoms. The van der Waals surface area contributed by atoms with Crippen molar-refractivity contribution in [3.05, 3.63) is 51.9 Å². The molecule has 0 atom stereocenters. The van der Waals surface area contributed by atoms with Crippen LogP contribution in [0.25, 0.3) is 0 Å². The van der Waals surface area contributed by atoms with Crippen LogP contribution < -0.4 is 25.1 Å². The fourth-order valence-electron chi connectivity index (χ4n) is 2.16. The first-order valence-corrected chi connectivity index (χ1v) is 6.85. The molecule has 23 heavy (non-hydrogen) atoms. The SMILES string of the molecule is COc1cc(OC)c(OC)cc1CNCc1ccc[nH]c1=O.Cl. The fourth-order valence-corrected chi connectivity index (χ4v) is 2.16. The van der Waals surface area contributed by atoms with Crippen LogP contribution >= 0.6 is 12.4 Å². The predicted molar refractivity (Wildman–Crippen MR) is 91.0 cm³/mol. The van der Waals surface area contributed by atoms with Crippen molar-refractivity contribution in [3.63, 3.8) is 0 Å². The maximum Gasteiger partial charge on any atom is 0.252 e. The van der Waals surface area contributed by atoms with Gasteiger partial charge in [-0.25, -0.2) is 0 Å². The molecule has 6 nitrogen and oxygen atoms in total. The molecule has 1 aromatic carbocycles. The van der Waals surface area contributed by atoms with E-state index in [9.17, 15) is 4.79 Å². The van der Waals surface area contributed by atoms with E-state index in [0.29, 0.717) is 35.9 Å². The number of hydrogen-bond acceptors (Lipinski definition) is 5. The van der Waals surface area contributed by atoms with Crippen LogP contribution in [0, 0.1) is 0 Å². The van der Waals surface area contributed by atoms with Crippen LogP contribution in [0.15, 0.2) is 35.3 Å². The number of aromatic nitrogens is 1. The Morgan fingerprint density at radius 1 is 0.957 bits per heavy atom. The van der Waals surface area contributed by atoms with Crippen LogP contribution in [0.4, 0.5) is 0 Å². The summed E-state index contributed by atoms with van der Waals surface area (Å²) >= 11 is 0. The summed E-state index contributed by atoms with van der Waals surface area (Å²) in [7, 11) is 4.77. The van der Waals surface area contributed by atoms with E-state index >= 15 is 0 Å². The van der Waals surface area contributed by atoms with Crippen LogP contribution in [0.1, 0.15) is 11.1 Å². The quantitative estimate of drug-likeness (QED) is 0.807. The molecule has 1 aromatic heterocycles. The average molecular weight is 341 g/mol. The third-order valence-electron chi connectivity index (χ3n) is 3.32. The Kier molecular flexibility index (Phi) is 7.44. The van der Waals surface area contributed by atoms with Gasteiger partial charge in [-0.3, -0.25) is 4.79 Å². The number of halogens is 1. The number of H-pyrrole nitrogens is 1. The molecule has 126 valence electrons. The average Bonchev–Trinajstić information content (AvgIpc) is 2.56. The van der Waals surface area contributed by atoms with Crippen LogP contribution in [0.3, 0.4) is 0 Å². The molecule has 0 radical (unpaired) electrons. The molecule has 0 spiro atoms. The summed E-state index contributed by atoms with van der Waals surface area (Å²) in [4.78, 5) is 14.3. The lowest BCUT2D eigenvalue weighted by Gasteiger charge is -2.14. The highest BCUT2D eigenvalue weighted by Crippen LogP contribution is 2.34. The molecule has 0 fully saturated rings. The zero-order chi connectivity index (χ0) is 15.9. The largest absolute Gasteiger partial charge is 0.496 e. The first-order chi connectivity index (χ1) is 10.7. The summed E-state index contributed by atoms with van der Waals surface area (Å²) < 4.78 is 15.9. The molecule has 0 saturated heterocycles. The second-order valence-electron chi connectivity index (χ2n) is 4.65. The summed E-state index contributed by atoms with van der Waals surface area (Å²) in [5.41, 5.74) is 1.52. The molecular formula is C16H21ClN2O4. The van der Waals surface area contributed by atoms with Crippen molar-refractivity contribution >= 4 is 12.4 Å². The van der Waals surface area contributed by atoms with Crippen molar-refractivity contribution < 1.29 is 14.2 Å². The summed E-state index contributed by atoms with van der Waals surface area (Å²) in [5.74, 6) is 1.95. The molecule has 0 aliphatic carbocycles. The van der Waals surface area contributed by atoms with Crippen molar-refractivity contribution in [2.24, 2.45) is 0 Å². The van der Waals surface area contributed by atoms with Crippen molar-refractivity contribution in [2.45, 2.75) is 13.1 Å². The van der Waals surface area contributed by atoms with E-state index in [1.807, 2.05) is 6.07 Å². The van der Waals surface area contributed by atoms with Crippen molar-refractivity contribution in [1.82, 2.24) is 10.3 Å². The zero-order valence-electron chi connectivity index (χ0n) is 13.3. The number of nitrogens with one attached hydrogen (secondary N) is 2. The standard InChI is InChI=1S/C16H20N2O4.ClH/c1-20-13-8-15(22-3)14(21-2)7-12(13)10-17-9-11-5-4-6-18-16(11)19;/h4-8,17H,9-10H2,1-3H3,(H,18,19);1H. The Morgan fingerprint density at radius 2 is 1.57 bits per heavy atom. The van der Waals surface area contributed by atoms with Gasteiger partial charge in [-0.15, -0.1) is 12.4 Å². The first kappa shape index (κ1) is 18.9. The fraction of sp³-hybridized carbons (Fsp3) is 0.312. The monoisotopic (exact) mass is 340 g/mol. The van der Waals surface area contributed by atoms with E-state index in [0.717, 1.165) is 5.56 Å². The highest BCUT2D eigenvalue weighted by atomic mass is 35.5. The number of ether oxygens (including phenoxy) is 3. The number of rotatable bonds is 7. The van der Waals surface area contributed by atoms with Gasteiger partial charge >= 0.3 is 0 Å². The maximum absolute atomic E-state index is 11.6. The van der Waals surface area contributed by atoms with Crippen LogP contribution in [-0.4, -0.2) is 26.3 Å². The van der Waals surface area contributed by atoms with E-state index in [-0.39, 0.29) is 18.0 Å². The minimum absolute atomic E-state index is 0. The molecule has 0 aliphatic heterocycles. The maximum atomic E-state index is 11.6.